The van der Waals surface area contributed by atoms with Crippen LogP contribution in [0.15, 0.2) is 50.4 Å². The van der Waals surface area contributed by atoms with Crippen molar-refractivity contribution >= 4 is 31.9 Å². The van der Waals surface area contributed by atoms with Gasteiger partial charge in [0, 0.05) is 24.1 Å². The van der Waals surface area contributed by atoms with Crippen molar-refractivity contribution in [3.63, 3.8) is 0 Å². The van der Waals surface area contributed by atoms with Crippen LogP contribution in [0.5, 0.6) is 0 Å². The van der Waals surface area contributed by atoms with Crippen molar-refractivity contribution in [3.8, 4) is 0 Å². The van der Waals surface area contributed by atoms with Crippen LogP contribution in [-0.4, -0.2) is 56.3 Å². The predicted molar refractivity (Wildman–Crippen MR) is 117 cm³/mol. The van der Waals surface area contributed by atoms with Gasteiger partial charge in [-0.05, 0) is 85.0 Å². The van der Waals surface area contributed by atoms with Gasteiger partial charge in [-0.25, -0.2) is 8.42 Å². The highest BCUT2D eigenvalue weighted by molar-refractivity contribution is 9.10. The zero-order valence-electron chi connectivity index (χ0n) is 16.7. The summed E-state index contributed by atoms with van der Waals surface area (Å²) in [5.41, 5.74) is 0.315. The zero-order valence-corrected chi connectivity index (χ0v) is 19.1. The summed E-state index contributed by atoms with van der Waals surface area (Å²) >= 11 is 3.40. The number of carbonyl (C=O) groups excluding carboxylic acids is 1. The lowest BCUT2D eigenvalue weighted by molar-refractivity contribution is 0.0932. The fraction of sp³-hybridized carbons (Fsp3) is 0.476. The molecule has 9 heteroatoms. The summed E-state index contributed by atoms with van der Waals surface area (Å²) < 4.78 is 33.4. The van der Waals surface area contributed by atoms with Gasteiger partial charge in [-0.3, -0.25) is 9.69 Å². The van der Waals surface area contributed by atoms with Crippen molar-refractivity contribution in [3.05, 3.63) is 52.4 Å². The van der Waals surface area contributed by atoms with Crippen LogP contribution in [-0.2, 0) is 10.0 Å². The molecule has 2 aliphatic heterocycles. The molecule has 0 saturated carbocycles. The highest BCUT2D eigenvalue weighted by Gasteiger charge is 2.29. The van der Waals surface area contributed by atoms with E-state index in [1.54, 1.807) is 18.4 Å². The number of likely N-dealkylation sites (tertiary alicyclic amines) is 1. The third-order valence-electron chi connectivity index (χ3n) is 5.79. The summed E-state index contributed by atoms with van der Waals surface area (Å²) in [5.74, 6) is 0.512. The van der Waals surface area contributed by atoms with Gasteiger partial charge >= 0.3 is 0 Å². The van der Waals surface area contributed by atoms with E-state index >= 15 is 0 Å². The Morgan fingerprint density at radius 1 is 1.10 bits per heavy atom. The molecule has 2 fully saturated rings. The van der Waals surface area contributed by atoms with Crippen molar-refractivity contribution in [1.82, 2.24) is 14.5 Å². The number of furan rings is 1. The van der Waals surface area contributed by atoms with Gasteiger partial charge in [-0.15, -0.1) is 0 Å². The number of halogens is 1. The number of nitrogens with one attached hydrogen (secondary N) is 1. The van der Waals surface area contributed by atoms with E-state index in [1.807, 2.05) is 12.1 Å². The first-order valence-electron chi connectivity index (χ1n) is 10.3. The van der Waals surface area contributed by atoms with Crippen molar-refractivity contribution in [2.45, 2.75) is 36.6 Å². The highest BCUT2D eigenvalue weighted by atomic mass is 79.9. The molecule has 1 N–H and O–H groups in total. The second-order valence-corrected chi connectivity index (χ2v) is 10.5. The molecule has 162 valence electrons. The van der Waals surface area contributed by atoms with Crippen LogP contribution in [0.3, 0.4) is 0 Å². The Labute approximate surface area is 185 Å². The monoisotopic (exact) mass is 495 g/mol. The molecule has 2 aromatic rings. The lowest BCUT2D eigenvalue weighted by atomic mass is 10.1. The predicted octanol–water partition coefficient (Wildman–Crippen LogP) is 3.39. The molecule has 1 unspecified atom stereocenters. The SMILES string of the molecule is O=C(NCC(c1ccco1)N1CCCC1)c1cc(S(=O)(=O)N2CCCC2)ccc1Br. The molecular weight excluding hydrogens is 470 g/mol. The van der Waals surface area contributed by atoms with Crippen molar-refractivity contribution < 1.29 is 17.6 Å². The first-order chi connectivity index (χ1) is 14.5. The number of carbonyl (C=O) groups is 1. The Kier molecular flexibility index (Phi) is 6.62. The molecule has 0 spiro atoms. The first-order valence-corrected chi connectivity index (χ1v) is 12.6. The van der Waals surface area contributed by atoms with E-state index in [2.05, 4.69) is 26.1 Å². The number of benzene rings is 1. The van der Waals surface area contributed by atoms with Gasteiger partial charge in [0.2, 0.25) is 10.0 Å². The number of rotatable bonds is 7. The largest absolute Gasteiger partial charge is 0.468 e. The third kappa shape index (κ3) is 4.49. The topological polar surface area (TPSA) is 82.9 Å². The Balaban J connectivity index is 1.51. The minimum absolute atomic E-state index is 0.0401. The van der Waals surface area contributed by atoms with E-state index in [9.17, 15) is 13.2 Å². The van der Waals surface area contributed by atoms with Crippen LogP contribution in [0.2, 0.25) is 0 Å². The van der Waals surface area contributed by atoms with Crippen LogP contribution >= 0.6 is 15.9 Å². The van der Waals surface area contributed by atoms with Crippen molar-refractivity contribution in [1.29, 1.82) is 0 Å². The van der Waals surface area contributed by atoms with Crippen molar-refractivity contribution in [2.75, 3.05) is 32.7 Å². The van der Waals surface area contributed by atoms with Crippen LogP contribution in [0.1, 0.15) is 47.8 Å². The van der Waals surface area contributed by atoms with E-state index in [-0.39, 0.29) is 16.8 Å². The molecule has 1 amide bonds. The Morgan fingerprint density at radius 3 is 2.47 bits per heavy atom. The van der Waals surface area contributed by atoms with Crippen LogP contribution in [0, 0.1) is 0 Å². The van der Waals surface area contributed by atoms with Gasteiger partial charge in [0.15, 0.2) is 0 Å². The summed E-state index contributed by atoms with van der Waals surface area (Å²) in [6.45, 7) is 3.38. The molecule has 30 heavy (non-hydrogen) atoms. The molecule has 0 bridgehead atoms. The van der Waals surface area contributed by atoms with Gasteiger partial charge in [0.1, 0.15) is 5.76 Å². The van der Waals surface area contributed by atoms with E-state index in [0.29, 0.717) is 29.7 Å². The van der Waals surface area contributed by atoms with Crippen LogP contribution in [0.25, 0.3) is 0 Å². The lowest BCUT2D eigenvalue weighted by Crippen LogP contribution is -2.36. The fourth-order valence-corrected chi connectivity index (χ4v) is 6.12. The average Bonchev–Trinajstić information content (AvgIpc) is 3.51. The van der Waals surface area contributed by atoms with Crippen LogP contribution < -0.4 is 5.32 Å². The summed E-state index contributed by atoms with van der Waals surface area (Å²) in [6, 6.07) is 8.37. The molecule has 2 saturated heterocycles. The summed E-state index contributed by atoms with van der Waals surface area (Å²) in [6.07, 6.45) is 5.64. The van der Waals surface area contributed by atoms with Gasteiger partial charge in [-0.2, -0.15) is 4.31 Å². The number of nitrogens with zero attached hydrogens (tertiary/aromatic N) is 2. The molecule has 0 aliphatic carbocycles. The molecule has 1 aromatic carbocycles. The number of hydrogen-bond donors (Lipinski definition) is 1. The van der Waals surface area contributed by atoms with E-state index in [4.69, 9.17) is 4.42 Å². The van der Waals surface area contributed by atoms with Gasteiger partial charge in [0.05, 0.1) is 22.8 Å². The maximum Gasteiger partial charge on any atom is 0.252 e. The number of hydrogen-bond acceptors (Lipinski definition) is 5. The Bertz CT molecular complexity index is 982. The summed E-state index contributed by atoms with van der Waals surface area (Å²) in [4.78, 5) is 15.4. The fourth-order valence-electron chi connectivity index (χ4n) is 4.14. The van der Waals surface area contributed by atoms with E-state index in [1.165, 1.54) is 10.4 Å². The standard InChI is InChI=1S/C21H26BrN3O4S/c22-18-8-7-16(30(27,28)25-11-3-4-12-25)14-17(18)21(26)23-15-19(20-6-5-13-29-20)24-9-1-2-10-24/h5-8,13-14,19H,1-4,9-12,15H2,(H,23,26). The molecule has 7 nitrogen and oxygen atoms in total. The van der Waals surface area contributed by atoms with Gasteiger partial charge in [-0.1, -0.05) is 0 Å². The van der Waals surface area contributed by atoms with E-state index in [0.717, 1.165) is 44.5 Å². The van der Waals surface area contributed by atoms with Crippen molar-refractivity contribution in [2.24, 2.45) is 0 Å². The number of amides is 1. The maximum atomic E-state index is 13.0. The summed E-state index contributed by atoms with van der Waals surface area (Å²) in [5, 5.41) is 2.97. The molecular formula is C21H26BrN3O4S. The second-order valence-electron chi connectivity index (χ2n) is 7.74. The molecule has 3 heterocycles. The quantitative estimate of drug-likeness (QED) is 0.636. The van der Waals surface area contributed by atoms with Gasteiger partial charge in [0.25, 0.3) is 5.91 Å². The first kappa shape index (κ1) is 21.5. The van der Waals surface area contributed by atoms with Crippen LogP contribution in [0.4, 0.5) is 0 Å². The van der Waals surface area contributed by atoms with Gasteiger partial charge < -0.3 is 9.73 Å². The minimum atomic E-state index is -3.58. The molecule has 4 rings (SSSR count). The molecule has 2 aliphatic rings. The minimum Gasteiger partial charge on any atom is -0.468 e. The highest BCUT2D eigenvalue weighted by Crippen LogP contribution is 2.27. The molecule has 1 atom stereocenters. The third-order valence-corrected chi connectivity index (χ3v) is 8.38. The Hall–Kier alpha value is -1.68. The van der Waals surface area contributed by atoms with E-state index < -0.39 is 10.0 Å². The molecule has 0 radical (unpaired) electrons. The molecule has 1 aromatic heterocycles. The smallest absolute Gasteiger partial charge is 0.252 e. The maximum absolute atomic E-state index is 13.0. The summed E-state index contributed by atoms with van der Waals surface area (Å²) in [7, 11) is -3.58. The lowest BCUT2D eigenvalue weighted by Gasteiger charge is -2.26. The average molecular weight is 496 g/mol. The Morgan fingerprint density at radius 2 is 1.80 bits per heavy atom. The normalized spacial score (nSPS) is 19.2. The zero-order chi connectivity index (χ0) is 21.1. The second kappa shape index (κ2) is 9.21. The number of sulfonamides is 1.